The summed E-state index contributed by atoms with van der Waals surface area (Å²) < 4.78 is 5.14. The van der Waals surface area contributed by atoms with Crippen LogP contribution in [-0.2, 0) is 9.53 Å². The van der Waals surface area contributed by atoms with Gasteiger partial charge in [-0.15, -0.1) is 0 Å². The van der Waals surface area contributed by atoms with Crippen LogP contribution in [0.3, 0.4) is 0 Å². The molecule has 0 aliphatic carbocycles. The summed E-state index contributed by atoms with van der Waals surface area (Å²) in [5, 5.41) is 2.70. The van der Waals surface area contributed by atoms with Crippen LogP contribution in [0.25, 0.3) is 0 Å². The summed E-state index contributed by atoms with van der Waals surface area (Å²) >= 11 is 0. The van der Waals surface area contributed by atoms with Crippen molar-refractivity contribution < 1.29 is 14.3 Å². The molecule has 6 heteroatoms. The summed E-state index contributed by atoms with van der Waals surface area (Å²) in [4.78, 5) is 27.9. The molecular weight excluding hydrogens is 294 g/mol. The van der Waals surface area contributed by atoms with Crippen molar-refractivity contribution in [1.82, 2.24) is 10.2 Å². The molecule has 1 aromatic rings. The van der Waals surface area contributed by atoms with Crippen LogP contribution >= 0.6 is 0 Å². The number of carbonyl (C=O) groups excluding carboxylic acids is 2. The van der Waals surface area contributed by atoms with E-state index in [1.165, 1.54) is 5.56 Å². The van der Waals surface area contributed by atoms with Crippen molar-refractivity contribution in [3.8, 4) is 0 Å². The number of anilines is 1. The van der Waals surface area contributed by atoms with Gasteiger partial charge in [-0.1, -0.05) is 18.2 Å². The first-order chi connectivity index (χ1) is 11.2. The molecule has 0 radical (unpaired) electrons. The van der Waals surface area contributed by atoms with E-state index >= 15 is 0 Å². The number of para-hydroxylation sites is 1. The van der Waals surface area contributed by atoms with Gasteiger partial charge in [-0.25, -0.2) is 4.79 Å². The molecule has 1 fully saturated rings. The third-order valence-corrected chi connectivity index (χ3v) is 4.74. The Morgan fingerprint density at radius 3 is 2.87 bits per heavy atom. The lowest BCUT2D eigenvalue weighted by Crippen LogP contribution is -2.50. The van der Waals surface area contributed by atoms with Gasteiger partial charge in [0.1, 0.15) is 0 Å². The number of amides is 2. The van der Waals surface area contributed by atoms with E-state index in [2.05, 4.69) is 22.3 Å². The Labute approximate surface area is 136 Å². The van der Waals surface area contributed by atoms with Crippen molar-refractivity contribution >= 4 is 17.7 Å². The van der Waals surface area contributed by atoms with Crippen molar-refractivity contribution in [2.45, 2.75) is 25.3 Å². The normalized spacial score (nSPS) is 22.3. The van der Waals surface area contributed by atoms with Gasteiger partial charge < -0.3 is 19.9 Å². The van der Waals surface area contributed by atoms with E-state index in [-0.39, 0.29) is 24.0 Å². The maximum atomic E-state index is 12.0. The highest BCUT2D eigenvalue weighted by Gasteiger charge is 2.43. The topological polar surface area (TPSA) is 61.9 Å². The van der Waals surface area contributed by atoms with E-state index in [1.807, 2.05) is 19.1 Å². The lowest BCUT2D eigenvalue weighted by atomic mass is 9.89. The summed E-state index contributed by atoms with van der Waals surface area (Å²) in [6.07, 6.45) is 0.600. The number of likely N-dealkylation sites (N-methyl/N-ethyl adjacent to an activating group) is 1. The van der Waals surface area contributed by atoms with E-state index in [1.54, 1.807) is 11.9 Å². The van der Waals surface area contributed by atoms with E-state index in [4.69, 9.17) is 4.74 Å². The van der Waals surface area contributed by atoms with Crippen LogP contribution in [0.15, 0.2) is 24.3 Å². The van der Waals surface area contributed by atoms with Gasteiger partial charge in [-0.05, 0) is 25.0 Å². The minimum Gasteiger partial charge on any atom is -0.450 e. The summed E-state index contributed by atoms with van der Waals surface area (Å²) in [7, 11) is 1.66. The molecule has 0 aromatic heterocycles. The van der Waals surface area contributed by atoms with Crippen LogP contribution in [0.5, 0.6) is 0 Å². The van der Waals surface area contributed by atoms with Crippen molar-refractivity contribution in [1.29, 1.82) is 0 Å². The summed E-state index contributed by atoms with van der Waals surface area (Å²) in [5.74, 6) is 0.238. The Kier molecular flexibility index (Phi) is 4.41. The summed E-state index contributed by atoms with van der Waals surface area (Å²) in [5.41, 5.74) is 2.33. The van der Waals surface area contributed by atoms with Crippen LogP contribution in [0, 0.1) is 0 Å². The van der Waals surface area contributed by atoms with Crippen molar-refractivity contribution in [2.24, 2.45) is 0 Å². The Balaban J connectivity index is 1.84. The third-order valence-electron chi connectivity index (χ3n) is 4.74. The van der Waals surface area contributed by atoms with Gasteiger partial charge in [-0.3, -0.25) is 4.79 Å². The zero-order valence-electron chi connectivity index (χ0n) is 13.6. The molecule has 0 spiro atoms. The molecule has 1 N–H and O–H groups in total. The van der Waals surface area contributed by atoms with Gasteiger partial charge in [0, 0.05) is 37.8 Å². The highest BCUT2D eigenvalue weighted by atomic mass is 16.6. The fraction of sp³-hybridized carbons (Fsp3) is 0.529. The first kappa shape index (κ1) is 15.6. The van der Waals surface area contributed by atoms with Gasteiger partial charge in [0.15, 0.2) is 0 Å². The van der Waals surface area contributed by atoms with Crippen LogP contribution in [0.4, 0.5) is 10.5 Å². The third kappa shape index (κ3) is 2.85. The Morgan fingerprint density at radius 2 is 2.13 bits per heavy atom. The quantitative estimate of drug-likeness (QED) is 0.919. The number of fused-ring (bicyclic) bond motifs is 3. The molecule has 0 unspecified atom stereocenters. The number of carbonyl (C=O) groups is 2. The van der Waals surface area contributed by atoms with Gasteiger partial charge >= 0.3 is 6.09 Å². The first-order valence-electron chi connectivity index (χ1n) is 8.13. The molecule has 1 saturated heterocycles. The van der Waals surface area contributed by atoms with Gasteiger partial charge in [0.05, 0.1) is 13.2 Å². The number of rotatable bonds is 3. The molecule has 2 atom stereocenters. The van der Waals surface area contributed by atoms with E-state index in [0.717, 1.165) is 12.1 Å². The molecule has 1 aromatic carbocycles. The minimum atomic E-state index is -0.242. The molecule has 124 valence electrons. The fourth-order valence-corrected chi connectivity index (χ4v) is 3.68. The predicted octanol–water partition coefficient (Wildman–Crippen LogP) is 1.57. The van der Waals surface area contributed by atoms with Crippen molar-refractivity contribution in [2.75, 3.05) is 38.2 Å². The van der Waals surface area contributed by atoms with E-state index in [0.29, 0.717) is 26.2 Å². The number of piperidine rings is 1. The van der Waals surface area contributed by atoms with Gasteiger partial charge in [0.25, 0.3) is 0 Å². The number of likely N-dealkylation sites (tertiary alicyclic amines) is 1. The monoisotopic (exact) mass is 317 g/mol. The minimum absolute atomic E-state index is 0.00766. The average molecular weight is 317 g/mol. The zero-order valence-corrected chi connectivity index (χ0v) is 13.6. The molecule has 3 rings (SSSR count). The fourth-order valence-electron chi connectivity index (χ4n) is 3.68. The molecule has 2 amide bonds. The highest BCUT2D eigenvalue weighted by molar-refractivity contribution is 5.82. The first-order valence-corrected chi connectivity index (χ1v) is 8.13. The van der Waals surface area contributed by atoms with E-state index < -0.39 is 0 Å². The molecule has 6 nitrogen and oxygen atoms in total. The highest BCUT2D eigenvalue weighted by Crippen LogP contribution is 2.44. The molecule has 0 bridgehead atoms. The number of nitrogens with one attached hydrogen (secondary N) is 1. The smallest absolute Gasteiger partial charge is 0.409 e. The zero-order chi connectivity index (χ0) is 16.4. The molecule has 2 aliphatic rings. The number of benzene rings is 1. The average Bonchev–Trinajstić information content (AvgIpc) is 2.88. The van der Waals surface area contributed by atoms with Crippen molar-refractivity contribution in [3.63, 3.8) is 0 Å². The maximum Gasteiger partial charge on any atom is 0.409 e. The second kappa shape index (κ2) is 6.48. The number of nitrogens with zero attached hydrogens (tertiary/aromatic N) is 2. The number of ether oxygens (including phenoxy) is 1. The molecular formula is C17H23N3O3. The second-order valence-corrected chi connectivity index (χ2v) is 5.97. The standard InChI is InChI=1S/C17H23N3O3/c1-3-23-17(22)19-9-8-15-13(10-19)12-6-4-5-7-14(12)20(15)11-16(21)18-2/h4-7,13,15H,3,8-11H2,1-2H3,(H,18,21)/t13-,15-/m0/s1. The van der Waals surface area contributed by atoms with Gasteiger partial charge in [0.2, 0.25) is 5.91 Å². The lowest BCUT2D eigenvalue weighted by Gasteiger charge is -2.38. The Bertz CT molecular complexity index is 605. The molecule has 2 aliphatic heterocycles. The SMILES string of the molecule is CCOC(=O)N1CC[C@H]2[C@@H](C1)c1ccccc1N2CC(=O)NC. The van der Waals surface area contributed by atoms with Gasteiger partial charge in [-0.2, -0.15) is 0 Å². The van der Waals surface area contributed by atoms with Crippen LogP contribution in [-0.4, -0.2) is 56.2 Å². The summed E-state index contributed by atoms with van der Waals surface area (Å²) in [6.45, 7) is 3.88. The molecule has 0 saturated carbocycles. The number of hydrogen-bond acceptors (Lipinski definition) is 4. The van der Waals surface area contributed by atoms with E-state index in [9.17, 15) is 9.59 Å². The summed E-state index contributed by atoms with van der Waals surface area (Å²) in [6, 6.07) is 8.44. The van der Waals surface area contributed by atoms with Crippen LogP contribution in [0.2, 0.25) is 0 Å². The Hall–Kier alpha value is -2.24. The van der Waals surface area contributed by atoms with Crippen molar-refractivity contribution in [3.05, 3.63) is 29.8 Å². The number of hydrogen-bond donors (Lipinski definition) is 1. The molecule has 2 heterocycles. The Morgan fingerprint density at radius 1 is 1.35 bits per heavy atom. The second-order valence-electron chi connectivity index (χ2n) is 5.97. The molecule has 23 heavy (non-hydrogen) atoms. The maximum absolute atomic E-state index is 12.0. The predicted molar refractivity (Wildman–Crippen MR) is 87.6 cm³/mol. The van der Waals surface area contributed by atoms with Crippen LogP contribution < -0.4 is 10.2 Å². The largest absolute Gasteiger partial charge is 0.450 e. The van der Waals surface area contributed by atoms with Crippen LogP contribution in [0.1, 0.15) is 24.8 Å². The lowest BCUT2D eigenvalue weighted by molar-refractivity contribution is -0.119.